The molecule has 0 amide bonds. The Morgan fingerprint density at radius 3 is 3.06 bits per heavy atom. The van der Waals surface area contributed by atoms with Crippen LogP contribution in [0.15, 0.2) is 27.3 Å². The predicted octanol–water partition coefficient (Wildman–Crippen LogP) is 2.00. The largest absolute Gasteiger partial charge is 0.461 e. The van der Waals surface area contributed by atoms with Crippen LogP contribution in [0.2, 0.25) is 0 Å². The van der Waals surface area contributed by atoms with E-state index in [9.17, 15) is 0 Å². The summed E-state index contributed by atoms with van der Waals surface area (Å²) >= 11 is 0. The van der Waals surface area contributed by atoms with Crippen LogP contribution in [0.3, 0.4) is 0 Å². The number of rotatable bonds is 5. The molecule has 2 aromatic rings. The van der Waals surface area contributed by atoms with E-state index in [2.05, 4.69) is 10.1 Å². The van der Waals surface area contributed by atoms with Crippen molar-refractivity contribution in [2.24, 2.45) is 5.73 Å². The maximum atomic E-state index is 5.66. The molecule has 0 aliphatic carbocycles. The molecule has 5 heteroatoms. The molecule has 0 aliphatic heterocycles. The summed E-state index contributed by atoms with van der Waals surface area (Å²) in [5, 5.41) is 3.85. The Labute approximate surface area is 93.6 Å². The minimum Gasteiger partial charge on any atom is -0.461 e. The van der Waals surface area contributed by atoms with Gasteiger partial charge in [-0.15, -0.1) is 0 Å². The maximum absolute atomic E-state index is 5.66. The van der Waals surface area contributed by atoms with Gasteiger partial charge < -0.3 is 14.7 Å². The molecule has 2 aromatic heterocycles. The van der Waals surface area contributed by atoms with Gasteiger partial charge in [0.25, 0.3) is 0 Å². The second-order valence-electron chi connectivity index (χ2n) is 3.86. The van der Waals surface area contributed by atoms with Crippen molar-refractivity contribution in [3.63, 3.8) is 0 Å². The molecule has 0 aliphatic rings. The molecule has 0 saturated carbocycles. The van der Waals surface area contributed by atoms with Crippen LogP contribution in [0.5, 0.6) is 0 Å². The van der Waals surface area contributed by atoms with Gasteiger partial charge in [0.15, 0.2) is 5.76 Å². The molecule has 0 aromatic carbocycles. The normalized spacial score (nSPS) is 12.9. The molecule has 2 N–H and O–H groups in total. The minimum absolute atomic E-state index is 0.215. The number of aromatic nitrogens is 2. The highest BCUT2D eigenvalue weighted by atomic mass is 16.5. The summed E-state index contributed by atoms with van der Waals surface area (Å²) in [6.45, 7) is 1.99. The lowest BCUT2D eigenvalue weighted by Crippen LogP contribution is -2.14. The Hall–Kier alpha value is -1.62. The molecule has 86 valence electrons. The zero-order valence-corrected chi connectivity index (χ0v) is 9.22. The molecular formula is C11H15N3O2. The summed E-state index contributed by atoms with van der Waals surface area (Å²) < 4.78 is 10.3. The fourth-order valence-corrected chi connectivity index (χ4v) is 1.44. The van der Waals surface area contributed by atoms with Gasteiger partial charge in [0.1, 0.15) is 0 Å². The summed E-state index contributed by atoms with van der Waals surface area (Å²) in [6.07, 6.45) is 4.26. The van der Waals surface area contributed by atoms with Crippen LogP contribution < -0.4 is 5.73 Å². The lowest BCUT2D eigenvalue weighted by atomic mass is 10.1. The summed E-state index contributed by atoms with van der Waals surface area (Å²) in [5.41, 5.74) is 5.66. The van der Waals surface area contributed by atoms with Crippen molar-refractivity contribution < 1.29 is 8.94 Å². The molecule has 0 spiro atoms. The van der Waals surface area contributed by atoms with E-state index in [1.165, 1.54) is 0 Å². The number of furan rings is 1. The van der Waals surface area contributed by atoms with Crippen molar-refractivity contribution in [1.29, 1.82) is 0 Å². The summed E-state index contributed by atoms with van der Waals surface area (Å²) in [4.78, 5) is 4.24. The smallest absolute Gasteiger partial charge is 0.238 e. The molecule has 1 atom stereocenters. The molecule has 0 fully saturated rings. The lowest BCUT2D eigenvalue weighted by molar-refractivity contribution is 0.372. The molecule has 1 unspecified atom stereocenters. The highest BCUT2D eigenvalue weighted by molar-refractivity contribution is 5.44. The molecule has 2 heterocycles. The number of hydrogen-bond acceptors (Lipinski definition) is 5. The topological polar surface area (TPSA) is 78.1 Å². The first-order valence-electron chi connectivity index (χ1n) is 5.38. The van der Waals surface area contributed by atoms with Crippen molar-refractivity contribution in [3.05, 3.63) is 24.3 Å². The van der Waals surface area contributed by atoms with Crippen LogP contribution in [0, 0.1) is 0 Å². The van der Waals surface area contributed by atoms with Gasteiger partial charge in [0.2, 0.25) is 11.7 Å². The average molecular weight is 221 g/mol. The summed E-state index contributed by atoms with van der Waals surface area (Å²) in [6, 6.07) is 3.81. The zero-order chi connectivity index (χ0) is 11.4. The zero-order valence-electron chi connectivity index (χ0n) is 9.22. The number of nitrogens with zero attached hydrogens (tertiary/aromatic N) is 2. The Balaban J connectivity index is 1.93. The summed E-state index contributed by atoms with van der Waals surface area (Å²) in [5.74, 6) is 1.76. The van der Waals surface area contributed by atoms with Crippen LogP contribution in [0.25, 0.3) is 11.6 Å². The van der Waals surface area contributed by atoms with Crippen LogP contribution >= 0.6 is 0 Å². The van der Waals surface area contributed by atoms with Crippen LogP contribution in [0.1, 0.15) is 25.7 Å². The average Bonchev–Trinajstić information content (AvgIpc) is 2.85. The van der Waals surface area contributed by atoms with Crippen molar-refractivity contribution in [2.75, 3.05) is 0 Å². The minimum atomic E-state index is 0.215. The number of hydrogen-bond donors (Lipinski definition) is 1. The van der Waals surface area contributed by atoms with Gasteiger partial charge >= 0.3 is 0 Å². The van der Waals surface area contributed by atoms with Crippen LogP contribution in [0.4, 0.5) is 0 Å². The molecular weight excluding hydrogens is 206 g/mol. The van der Waals surface area contributed by atoms with E-state index < -0.39 is 0 Å². The third-order valence-electron chi connectivity index (χ3n) is 2.26. The Kier molecular flexibility index (Phi) is 3.36. The van der Waals surface area contributed by atoms with Gasteiger partial charge in [-0.2, -0.15) is 4.98 Å². The first-order chi connectivity index (χ1) is 7.75. The highest BCUT2D eigenvalue weighted by Gasteiger charge is 2.10. The summed E-state index contributed by atoms with van der Waals surface area (Å²) in [7, 11) is 0. The Morgan fingerprint density at radius 1 is 1.50 bits per heavy atom. The fourth-order valence-electron chi connectivity index (χ4n) is 1.44. The number of aryl methyl sites for hydroxylation is 1. The van der Waals surface area contributed by atoms with Gasteiger partial charge in [0, 0.05) is 12.5 Å². The predicted molar refractivity (Wildman–Crippen MR) is 58.6 cm³/mol. The van der Waals surface area contributed by atoms with Crippen molar-refractivity contribution in [1.82, 2.24) is 10.1 Å². The van der Waals surface area contributed by atoms with E-state index in [-0.39, 0.29) is 6.04 Å². The van der Waals surface area contributed by atoms with E-state index in [1.54, 1.807) is 18.4 Å². The third-order valence-corrected chi connectivity index (χ3v) is 2.26. The molecule has 0 radical (unpaired) electrons. The van der Waals surface area contributed by atoms with Crippen molar-refractivity contribution in [2.45, 2.75) is 32.2 Å². The van der Waals surface area contributed by atoms with E-state index in [4.69, 9.17) is 14.7 Å². The first kappa shape index (κ1) is 10.9. The second kappa shape index (κ2) is 4.94. The first-order valence-corrected chi connectivity index (χ1v) is 5.38. The van der Waals surface area contributed by atoms with Crippen molar-refractivity contribution in [3.8, 4) is 11.6 Å². The van der Waals surface area contributed by atoms with Crippen LogP contribution in [-0.2, 0) is 6.42 Å². The molecule has 16 heavy (non-hydrogen) atoms. The van der Waals surface area contributed by atoms with E-state index >= 15 is 0 Å². The van der Waals surface area contributed by atoms with Gasteiger partial charge in [0.05, 0.1) is 6.26 Å². The monoisotopic (exact) mass is 221 g/mol. The van der Waals surface area contributed by atoms with Gasteiger partial charge in [-0.25, -0.2) is 0 Å². The lowest BCUT2D eigenvalue weighted by Gasteiger charge is -2.00. The SMILES string of the molecule is CC(N)CCCc1nc(-c2ccco2)no1. The Bertz CT molecular complexity index is 420. The molecule has 0 saturated heterocycles. The maximum Gasteiger partial charge on any atom is 0.238 e. The number of nitrogens with two attached hydrogens (primary N) is 1. The standard InChI is InChI=1S/C11H15N3O2/c1-8(12)4-2-6-10-13-11(14-16-10)9-5-3-7-15-9/h3,5,7-8H,2,4,6,12H2,1H3. The third kappa shape index (κ3) is 2.70. The molecule has 0 bridgehead atoms. The highest BCUT2D eigenvalue weighted by Crippen LogP contribution is 2.16. The van der Waals surface area contributed by atoms with Crippen LogP contribution in [-0.4, -0.2) is 16.2 Å². The van der Waals surface area contributed by atoms with Gasteiger partial charge in [-0.05, 0) is 31.9 Å². The van der Waals surface area contributed by atoms with Gasteiger partial charge in [-0.1, -0.05) is 5.16 Å². The van der Waals surface area contributed by atoms with E-state index in [0.717, 1.165) is 19.3 Å². The van der Waals surface area contributed by atoms with Crippen molar-refractivity contribution >= 4 is 0 Å². The van der Waals surface area contributed by atoms with E-state index in [1.807, 2.05) is 6.92 Å². The molecule has 2 rings (SSSR count). The van der Waals surface area contributed by atoms with E-state index in [0.29, 0.717) is 17.5 Å². The van der Waals surface area contributed by atoms with Gasteiger partial charge in [-0.3, -0.25) is 0 Å². The molecule has 5 nitrogen and oxygen atoms in total. The fraction of sp³-hybridized carbons (Fsp3) is 0.455. The second-order valence-corrected chi connectivity index (χ2v) is 3.86. The quantitative estimate of drug-likeness (QED) is 0.835. The Morgan fingerprint density at radius 2 is 2.38 bits per heavy atom.